The Kier molecular flexibility index (Phi) is 7.56. The van der Waals surface area contributed by atoms with Crippen molar-refractivity contribution >= 4 is 33.4 Å². The van der Waals surface area contributed by atoms with Gasteiger partial charge in [0.2, 0.25) is 0 Å². The summed E-state index contributed by atoms with van der Waals surface area (Å²) in [5, 5.41) is 7.83. The van der Waals surface area contributed by atoms with Crippen LogP contribution < -0.4 is 14.5 Å². The number of para-hydroxylation sites is 1. The van der Waals surface area contributed by atoms with Crippen LogP contribution in [-0.2, 0) is 0 Å². The molecule has 9 rings (SSSR count). The third kappa shape index (κ3) is 5.20. The Bertz CT molecular complexity index is 2350. The molecule has 5 heterocycles. The highest BCUT2D eigenvalue weighted by molar-refractivity contribution is 6.09. The molecule has 0 unspecified atom stereocenters. The number of hydrogen-bond donors (Lipinski definition) is 0. The molecule has 0 amide bonds. The van der Waals surface area contributed by atoms with Crippen LogP contribution in [0.1, 0.15) is 42.4 Å². The minimum atomic E-state index is 0.775. The predicted molar refractivity (Wildman–Crippen MR) is 205 cm³/mol. The zero-order valence-electron chi connectivity index (χ0n) is 29.1. The Hall–Kier alpha value is -5.56. The molecule has 0 spiro atoms. The summed E-state index contributed by atoms with van der Waals surface area (Å²) < 4.78 is 11.1. The molecule has 0 N–H and O–H groups in total. The Morgan fingerprint density at radius 1 is 0.600 bits per heavy atom. The van der Waals surface area contributed by atoms with Gasteiger partial charge in [0, 0.05) is 55.3 Å². The first-order valence-electron chi connectivity index (χ1n) is 18.0. The Balaban J connectivity index is 1.16. The van der Waals surface area contributed by atoms with Crippen molar-refractivity contribution in [2.45, 2.75) is 46.5 Å². The van der Waals surface area contributed by atoms with E-state index in [0.29, 0.717) is 0 Å². The first kappa shape index (κ1) is 30.5. The second-order valence-corrected chi connectivity index (χ2v) is 13.9. The van der Waals surface area contributed by atoms with Crippen LogP contribution in [0.15, 0.2) is 103 Å². The molecular formula is C43H42N6O. The highest BCUT2D eigenvalue weighted by Crippen LogP contribution is 2.45. The molecule has 7 nitrogen and oxygen atoms in total. The van der Waals surface area contributed by atoms with Gasteiger partial charge in [-0.15, -0.1) is 5.10 Å². The van der Waals surface area contributed by atoms with Crippen LogP contribution in [0.4, 0.5) is 11.6 Å². The van der Waals surface area contributed by atoms with Gasteiger partial charge in [-0.1, -0.05) is 42.5 Å². The first-order valence-corrected chi connectivity index (χ1v) is 18.0. The van der Waals surface area contributed by atoms with E-state index in [4.69, 9.17) is 14.8 Å². The minimum absolute atomic E-state index is 0.775. The first-order chi connectivity index (χ1) is 24.5. The summed E-state index contributed by atoms with van der Waals surface area (Å²) in [6.07, 6.45) is 6.66. The van der Waals surface area contributed by atoms with Crippen molar-refractivity contribution in [1.82, 2.24) is 19.3 Å². The van der Waals surface area contributed by atoms with Gasteiger partial charge in [-0.05, 0) is 111 Å². The number of anilines is 2. The SMILES string of the molecule is Cc1ccnc(-n2c3ccccc3c3ccc(Oc4cccc(-n5nc(N6CCCC6)c(-c6c(C)cccc6C)c5N5CCCC5)c4)cc32)c1. The summed E-state index contributed by atoms with van der Waals surface area (Å²) in [7, 11) is 0. The molecule has 2 fully saturated rings. The molecule has 7 heteroatoms. The molecule has 7 aromatic rings. The second-order valence-electron chi connectivity index (χ2n) is 13.9. The lowest BCUT2D eigenvalue weighted by molar-refractivity contribution is 0.483. The smallest absolute Gasteiger partial charge is 0.161 e. The predicted octanol–water partition coefficient (Wildman–Crippen LogP) is 9.95. The number of hydrogen-bond acceptors (Lipinski definition) is 5. The number of benzene rings is 4. The molecule has 3 aromatic heterocycles. The van der Waals surface area contributed by atoms with Crippen LogP contribution in [0.3, 0.4) is 0 Å². The fourth-order valence-corrected chi connectivity index (χ4v) is 8.10. The van der Waals surface area contributed by atoms with Crippen molar-refractivity contribution in [2.24, 2.45) is 0 Å². The number of aryl methyl sites for hydroxylation is 3. The van der Waals surface area contributed by atoms with Crippen molar-refractivity contribution in [3.63, 3.8) is 0 Å². The van der Waals surface area contributed by atoms with Crippen molar-refractivity contribution in [2.75, 3.05) is 36.0 Å². The van der Waals surface area contributed by atoms with E-state index in [1.807, 2.05) is 18.3 Å². The molecule has 0 radical (unpaired) electrons. The van der Waals surface area contributed by atoms with Gasteiger partial charge in [0.15, 0.2) is 5.82 Å². The highest BCUT2D eigenvalue weighted by atomic mass is 16.5. The van der Waals surface area contributed by atoms with Crippen LogP contribution in [0, 0.1) is 20.8 Å². The fraction of sp³-hybridized carbons (Fsp3) is 0.256. The molecular weight excluding hydrogens is 617 g/mol. The summed E-state index contributed by atoms with van der Waals surface area (Å²) in [5.41, 5.74) is 9.51. The summed E-state index contributed by atoms with van der Waals surface area (Å²) >= 11 is 0. The summed E-state index contributed by atoms with van der Waals surface area (Å²) in [5.74, 6) is 4.74. The highest BCUT2D eigenvalue weighted by Gasteiger charge is 2.31. The number of rotatable bonds is 7. The van der Waals surface area contributed by atoms with E-state index in [9.17, 15) is 0 Å². The average molecular weight is 659 g/mol. The van der Waals surface area contributed by atoms with E-state index in [-0.39, 0.29) is 0 Å². The number of aromatic nitrogens is 4. The normalized spacial score (nSPS) is 14.8. The van der Waals surface area contributed by atoms with Crippen molar-refractivity contribution < 1.29 is 4.74 Å². The van der Waals surface area contributed by atoms with E-state index >= 15 is 0 Å². The van der Waals surface area contributed by atoms with E-state index < -0.39 is 0 Å². The van der Waals surface area contributed by atoms with Gasteiger partial charge in [0.1, 0.15) is 23.1 Å². The minimum Gasteiger partial charge on any atom is -0.457 e. The lowest BCUT2D eigenvalue weighted by atomic mass is 9.96. The molecule has 0 aliphatic carbocycles. The van der Waals surface area contributed by atoms with Gasteiger partial charge >= 0.3 is 0 Å². The molecule has 250 valence electrons. The van der Waals surface area contributed by atoms with Gasteiger partial charge in [0.05, 0.1) is 22.3 Å². The maximum absolute atomic E-state index is 6.69. The second kappa shape index (κ2) is 12.4. The summed E-state index contributed by atoms with van der Waals surface area (Å²) in [6.45, 7) is 10.7. The Morgan fingerprint density at radius 3 is 2.08 bits per heavy atom. The number of pyridine rings is 1. The number of fused-ring (bicyclic) bond motifs is 3. The topological polar surface area (TPSA) is 51.4 Å². The van der Waals surface area contributed by atoms with Gasteiger partial charge in [-0.3, -0.25) is 4.57 Å². The molecule has 0 saturated carbocycles. The monoisotopic (exact) mass is 658 g/mol. The van der Waals surface area contributed by atoms with Gasteiger partial charge < -0.3 is 14.5 Å². The van der Waals surface area contributed by atoms with E-state index in [0.717, 1.165) is 66.0 Å². The average Bonchev–Trinajstić information content (AvgIpc) is 3.94. The fourth-order valence-electron chi connectivity index (χ4n) is 8.10. The zero-order chi connectivity index (χ0) is 33.8. The molecule has 2 aliphatic rings. The summed E-state index contributed by atoms with van der Waals surface area (Å²) in [6, 6.07) is 34.1. The lowest BCUT2D eigenvalue weighted by Crippen LogP contribution is -2.22. The maximum atomic E-state index is 6.69. The Labute approximate surface area is 293 Å². The van der Waals surface area contributed by atoms with Crippen LogP contribution >= 0.6 is 0 Å². The standard InChI is InChI=1S/C43H42N6O/c1-29-20-21-44-39(26-29)48-37-17-5-4-16-35(37)36-19-18-34(28-38(36)48)50-33-15-11-14-32(27-33)49-43(47-24-8-9-25-47)41(40-30(2)12-10-13-31(40)3)42(45-49)46-22-6-7-23-46/h4-5,10-21,26-28H,6-9,22-25H2,1-3H3. The molecule has 2 aliphatic heterocycles. The molecule has 0 atom stereocenters. The van der Waals surface area contributed by atoms with Crippen LogP contribution in [0.5, 0.6) is 11.5 Å². The van der Waals surface area contributed by atoms with E-state index in [2.05, 4.69) is 125 Å². The largest absolute Gasteiger partial charge is 0.457 e. The van der Waals surface area contributed by atoms with Crippen molar-refractivity contribution in [3.8, 4) is 34.1 Å². The third-order valence-electron chi connectivity index (χ3n) is 10.5. The van der Waals surface area contributed by atoms with Crippen LogP contribution in [0.2, 0.25) is 0 Å². The maximum Gasteiger partial charge on any atom is 0.161 e. The molecule has 50 heavy (non-hydrogen) atoms. The number of nitrogens with zero attached hydrogens (tertiary/aromatic N) is 6. The Morgan fingerprint density at radius 2 is 1.30 bits per heavy atom. The van der Waals surface area contributed by atoms with Gasteiger partial charge in [-0.25, -0.2) is 9.67 Å². The van der Waals surface area contributed by atoms with Crippen LogP contribution in [-0.4, -0.2) is 45.5 Å². The van der Waals surface area contributed by atoms with Crippen molar-refractivity contribution in [1.29, 1.82) is 0 Å². The molecule has 4 aromatic carbocycles. The van der Waals surface area contributed by atoms with E-state index in [1.54, 1.807) is 0 Å². The van der Waals surface area contributed by atoms with Gasteiger partial charge in [0.25, 0.3) is 0 Å². The van der Waals surface area contributed by atoms with Gasteiger partial charge in [-0.2, -0.15) is 0 Å². The summed E-state index contributed by atoms with van der Waals surface area (Å²) in [4.78, 5) is 9.80. The lowest BCUT2D eigenvalue weighted by Gasteiger charge is -2.23. The van der Waals surface area contributed by atoms with E-state index in [1.165, 1.54) is 70.1 Å². The zero-order valence-corrected chi connectivity index (χ0v) is 29.1. The molecule has 0 bridgehead atoms. The quantitative estimate of drug-likeness (QED) is 0.171. The van der Waals surface area contributed by atoms with Crippen molar-refractivity contribution in [3.05, 3.63) is 120 Å². The molecule has 2 saturated heterocycles. The third-order valence-corrected chi connectivity index (χ3v) is 10.5. The van der Waals surface area contributed by atoms with Crippen LogP contribution in [0.25, 0.3) is 44.4 Å². The number of ether oxygens (including phenoxy) is 1.